The van der Waals surface area contributed by atoms with Crippen LogP contribution in [0, 0.1) is 5.41 Å². The van der Waals surface area contributed by atoms with Crippen molar-refractivity contribution in [1.82, 2.24) is 0 Å². The van der Waals surface area contributed by atoms with Crippen LogP contribution in [0.2, 0.25) is 0 Å². The summed E-state index contributed by atoms with van der Waals surface area (Å²) in [6, 6.07) is 6.61. The quantitative estimate of drug-likeness (QED) is 0.642. The maximum absolute atomic E-state index is 12.4. The first-order chi connectivity index (χ1) is 10.8. The lowest BCUT2D eigenvalue weighted by atomic mass is 9.81. The summed E-state index contributed by atoms with van der Waals surface area (Å²) in [6.07, 6.45) is 1.89. The molecular weight excluding hydrogens is 314 g/mol. The highest BCUT2D eigenvalue weighted by atomic mass is 32.2. The smallest absolute Gasteiger partial charge is 0.232 e. The van der Waals surface area contributed by atoms with Crippen LogP contribution in [0.4, 0.5) is 11.4 Å². The Kier molecular flexibility index (Phi) is 7.02. The lowest BCUT2D eigenvalue weighted by Gasteiger charge is -2.28. The van der Waals surface area contributed by atoms with Crippen LogP contribution >= 0.6 is 0 Å². The van der Waals surface area contributed by atoms with E-state index in [-0.39, 0.29) is 11.7 Å². The molecule has 0 saturated heterocycles. The third kappa shape index (κ3) is 5.21. The van der Waals surface area contributed by atoms with Crippen molar-refractivity contribution in [3.05, 3.63) is 24.3 Å². The van der Waals surface area contributed by atoms with Gasteiger partial charge in [-0.25, -0.2) is 8.42 Å². The van der Waals surface area contributed by atoms with Crippen molar-refractivity contribution in [2.75, 3.05) is 22.3 Å². The standard InChI is InChI=1S/C16H27N3O3S/c1-4-11-23(21,22)19-14-9-7-13(8-10-14)18-15(20)16(5-2,6-3)12-17/h7-10,19H,4-6,11-12,17H2,1-3H3,(H,18,20). The van der Waals surface area contributed by atoms with Gasteiger partial charge in [-0.1, -0.05) is 20.8 Å². The molecule has 1 rings (SSSR count). The highest BCUT2D eigenvalue weighted by molar-refractivity contribution is 7.92. The number of nitrogens with one attached hydrogen (secondary N) is 2. The number of carbonyl (C=O) groups is 1. The Balaban J connectivity index is 2.80. The number of rotatable bonds is 9. The van der Waals surface area contributed by atoms with Gasteiger partial charge in [0, 0.05) is 17.9 Å². The molecule has 0 aromatic heterocycles. The molecule has 0 aliphatic rings. The van der Waals surface area contributed by atoms with Crippen molar-refractivity contribution in [2.24, 2.45) is 11.1 Å². The molecule has 1 aromatic rings. The predicted octanol–water partition coefficient (Wildman–Crippen LogP) is 2.54. The summed E-state index contributed by atoms with van der Waals surface area (Å²) in [6.45, 7) is 5.99. The predicted molar refractivity (Wildman–Crippen MR) is 94.8 cm³/mol. The summed E-state index contributed by atoms with van der Waals surface area (Å²) < 4.78 is 25.9. The van der Waals surface area contributed by atoms with Crippen molar-refractivity contribution in [1.29, 1.82) is 0 Å². The second kappa shape index (κ2) is 8.31. The highest BCUT2D eigenvalue weighted by Gasteiger charge is 2.33. The molecule has 0 saturated carbocycles. The van der Waals surface area contributed by atoms with Gasteiger partial charge in [0.15, 0.2) is 0 Å². The lowest BCUT2D eigenvalue weighted by molar-refractivity contribution is -0.125. The average Bonchev–Trinajstić information content (AvgIpc) is 2.51. The van der Waals surface area contributed by atoms with E-state index >= 15 is 0 Å². The van der Waals surface area contributed by atoms with Crippen LogP contribution in [0.3, 0.4) is 0 Å². The Hall–Kier alpha value is -1.60. The first-order valence-corrected chi connectivity index (χ1v) is 9.59. The molecule has 23 heavy (non-hydrogen) atoms. The van der Waals surface area contributed by atoms with Gasteiger partial charge in [-0.05, 0) is 43.5 Å². The Labute approximate surface area is 138 Å². The fourth-order valence-electron chi connectivity index (χ4n) is 2.34. The number of anilines is 2. The molecule has 6 nitrogen and oxygen atoms in total. The zero-order valence-electron chi connectivity index (χ0n) is 14.1. The van der Waals surface area contributed by atoms with Crippen molar-refractivity contribution in [2.45, 2.75) is 40.0 Å². The van der Waals surface area contributed by atoms with Crippen molar-refractivity contribution >= 4 is 27.3 Å². The third-order valence-electron chi connectivity index (χ3n) is 4.11. The fraction of sp³-hybridized carbons (Fsp3) is 0.562. The van der Waals surface area contributed by atoms with Gasteiger partial charge >= 0.3 is 0 Å². The number of sulfonamides is 1. The number of hydrogen-bond acceptors (Lipinski definition) is 4. The molecule has 0 atom stereocenters. The third-order valence-corrected chi connectivity index (χ3v) is 5.61. The van der Waals surface area contributed by atoms with Gasteiger partial charge in [0.05, 0.1) is 11.2 Å². The van der Waals surface area contributed by atoms with Gasteiger partial charge < -0.3 is 11.1 Å². The van der Waals surface area contributed by atoms with Crippen LogP contribution in [0.25, 0.3) is 0 Å². The minimum absolute atomic E-state index is 0.0809. The Morgan fingerprint density at radius 3 is 2.04 bits per heavy atom. The van der Waals surface area contributed by atoms with Crippen molar-refractivity contribution < 1.29 is 13.2 Å². The normalized spacial score (nSPS) is 12.0. The van der Waals surface area contributed by atoms with Gasteiger partial charge in [-0.3, -0.25) is 9.52 Å². The molecule has 0 aliphatic heterocycles. The molecular formula is C16H27N3O3S. The second-order valence-electron chi connectivity index (χ2n) is 5.64. The molecule has 1 aromatic carbocycles. The monoisotopic (exact) mass is 341 g/mol. The van der Waals surface area contributed by atoms with Gasteiger partial charge in [0.2, 0.25) is 15.9 Å². The molecule has 0 bridgehead atoms. The maximum Gasteiger partial charge on any atom is 0.232 e. The Morgan fingerprint density at radius 2 is 1.61 bits per heavy atom. The Bertz CT molecular complexity index is 600. The SMILES string of the molecule is CCCS(=O)(=O)Nc1ccc(NC(=O)C(CC)(CC)CN)cc1. The van der Waals surface area contributed by atoms with Gasteiger partial charge in [-0.2, -0.15) is 0 Å². The number of carbonyl (C=O) groups excluding carboxylic acids is 1. The van der Waals surface area contributed by atoms with E-state index in [1.54, 1.807) is 24.3 Å². The number of amides is 1. The summed E-state index contributed by atoms with van der Waals surface area (Å²) in [5.41, 5.74) is 6.30. The molecule has 0 spiro atoms. The zero-order chi connectivity index (χ0) is 17.5. The highest BCUT2D eigenvalue weighted by Crippen LogP contribution is 2.27. The van der Waals surface area contributed by atoms with Crippen LogP contribution in [-0.4, -0.2) is 26.6 Å². The molecule has 1 amide bonds. The second-order valence-corrected chi connectivity index (χ2v) is 7.49. The maximum atomic E-state index is 12.4. The van der Waals surface area contributed by atoms with Crippen LogP contribution in [0.15, 0.2) is 24.3 Å². The zero-order valence-corrected chi connectivity index (χ0v) is 14.9. The molecule has 4 N–H and O–H groups in total. The molecule has 0 unspecified atom stereocenters. The van der Waals surface area contributed by atoms with Crippen molar-refractivity contribution in [3.63, 3.8) is 0 Å². The topological polar surface area (TPSA) is 101 Å². The van der Waals surface area contributed by atoms with Crippen LogP contribution in [0.1, 0.15) is 40.0 Å². The summed E-state index contributed by atoms with van der Waals surface area (Å²) in [4.78, 5) is 12.4. The van der Waals surface area contributed by atoms with E-state index in [9.17, 15) is 13.2 Å². The summed E-state index contributed by atoms with van der Waals surface area (Å²) in [7, 11) is -3.31. The van der Waals surface area contributed by atoms with Gasteiger partial charge in [-0.15, -0.1) is 0 Å². The molecule has 7 heteroatoms. The molecule has 0 heterocycles. The average molecular weight is 341 g/mol. The van der Waals surface area contributed by atoms with Gasteiger partial charge in [0.25, 0.3) is 0 Å². The van der Waals surface area contributed by atoms with E-state index in [1.165, 1.54) is 0 Å². The lowest BCUT2D eigenvalue weighted by Crippen LogP contribution is -2.41. The first kappa shape index (κ1) is 19.4. The summed E-state index contributed by atoms with van der Waals surface area (Å²) >= 11 is 0. The fourth-order valence-corrected chi connectivity index (χ4v) is 3.47. The minimum Gasteiger partial charge on any atom is -0.329 e. The molecule has 130 valence electrons. The number of nitrogens with two attached hydrogens (primary N) is 1. The van der Waals surface area contributed by atoms with E-state index in [4.69, 9.17) is 5.73 Å². The van der Waals surface area contributed by atoms with Crippen molar-refractivity contribution in [3.8, 4) is 0 Å². The van der Waals surface area contributed by atoms with Crippen LogP contribution < -0.4 is 15.8 Å². The largest absolute Gasteiger partial charge is 0.329 e. The molecule has 0 aliphatic carbocycles. The number of hydrogen-bond donors (Lipinski definition) is 3. The van der Waals surface area contributed by atoms with E-state index in [0.29, 0.717) is 37.2 Å². The van der Waals surface area contributed by atoms with E-state index in [1.807, 2.05) is 20.8 Å². The molecule has 0 fully saturated rings. The van der Waals surface area contributed by atoms with E-state index in [0.717, 1.165) is 0 Å². The summed E-state index contributed by atoms with van der Waals surface area (Å²) in [5, 5.41) is 2.85. The number of benzene rings is 1. The van der Waals surface area contributed by atoms with Crippen LogP contribution in [0.5, 0.6) is 0 Å². The molecule has 0 radical (unpaired) electrons. The van der Waals surface area contributed by atoms with Gasteiger partial charge in [0.1, 0.15) is 0 Å². The Morgan fingerprint density at radius 1 is 1.09 bits per heavy atom. The van der Waals surface area contributed by atoms with E-state index in [2.05, 4.69) is 10.0 Å². The first-order valence-electron chi connectivity index (χ1n) is 7.94. The van der Waals surface area contributed by atoms with Crippen LogP contribution in [-0.2, 0) is 14.8 Å². The van der Waals surface area contributed by atoms with E-state index < -0.39 is 15.4 Å². The minimum atomic E-state index is -3.31. The summed E-state index contributed by atoms with van der Waals surface area (Å²) in [5.74, 6) is -0.0263.